The number of hydrogen-bond donors (Lipinski definition) is 1. The normalized spacial score (nSPS) is 11.8. The van der Waals surface area contributed by atoms with Gasteiger partial charge in [0.05, 0.1) is 19.1 Å². The topological polar surface area (TPSA) is 38.3 Å². The predicted molar refractivity (Wildman–Crippen MR) is 89.1 cm³/mol. The largest absolute Gasteiger partial charge is 0.494 e. The SMILES string of the molecule is CCOc1ccc([C@@H](C)NC(=O)Cc2ccc(C)cc2)cc1. The molecule has 3 heteroatoms. The average Bonchev–Trinajstić information content (AvgIpc) is 2.50. The maximum absolute atomic E-state index is 12.1. The van der Waals surface area contributed by atoms with Crippen molar-refractivity contribution < 1.29 is 9.53 Å². The molecule has 0 radical (unpaired) electrons. The second kappa shape index (κ2) is 7.64. The zero-order chi connectivity index (χ0) is 15.9. The number of carbonyl (C=O) groups is 1. The van der Waals surface area contributed by atoms with Gasteiger partial charge < -0.3 is 10.1 Å². The summed E-state index contributed by atoms with van der Waals surface area (Å²) in [5.41, 5.74) is 3.30. The molecule has 0 heterocycles. The Kier molecular flexibility index (Phi) is 5.59. The number of rotatable bonds is 6. The van der Waals surface area contributed by atoms with Crippen LogP contribution in [0, 0.1) is 6.92 Å². The summed E-state index contributed by atoms with van der Waals surface area (Å²) in [5.74, 6) is 0.884. The highest BCUT2D eigenvalue weighted by molar-refractivity contribution is 5.79. The monoisotopic (exact) mass is 297 g/mol. The van der Waals surface area contributed by atoms with E-state index in [1.165, 1.54) is 5.56 Å². The van der Waals surface area contributed by atoms with Crippen molar-refractivity contribution in [1.82, 2.24) is 5.32 Å². The summed E-state index contributed by atoms with van der Waals surface area (Å²) >= 11 is 0. The van der Waals surface area contributed by atoms with Crippen molar-refractivity contribution in [3.05, 3.63) is 65.2 Å². The summed E-state index contributed by atoms with van der Waals surface area (Å²) in [6, 6.07) is 15.9. The Morgan fingerprint density at radius 1 is 1.09 bits per heavy atom. The highest BCUT2D eigenvalue weighted by Gasteiger charge is 2.10. The number of carbonyl (C=O) groups excluding carboxylic acids is 1. The molecular formula is C19H23NO2. The molecule has 0 aliphatic carbocycles. The molecule has 0 bridgehead atoms. The van der Waals surface area contributed by atoms with E-state index < -0.39 is 0 Å². The van der Waals surface area contributed by atoms with Gasteiger partial charge in [-0.2, -0.15) is 0 Å². The quantitative estimate of drug-likeness (QED) is 0.880. The first kappa shape index (κ1) is 16.1. The van der Waals surface area contributed by atoms with E-state index in [2.05, 4.69) is 5.32 Å². The van der Waals surface area contributed by atoms with E-state index in [0.717, 1.165) is 16.9 Å². The highest BCUT2D eigenvalue weighted by atomic mass is 16.5. The fourth-order valence-corrected chi connectivity index (χ4v) is 2.29. The Morgan fingerprint density at radius 2 is 1.73 bits per heavy atom. The van der Waals surface area contributed by atoms with Crippen LogP contribution in [0.5, 0.6) is 5.75 Å². The molecule has 0 aromatic heterocycles. The minimum absolute atomic E-state index is 0.0198. The van der Waals surface area contributed by atoms with Crippen LogP contribution in [0.4, 0.5) is 0 Å². The summed E-state index contributed by atoms with van der Waals surface area (Å²) in [5, 5.41) is 3.03. The molecule has 0 unspecified atom stereocenters. The molecule has 0 aliphatic rings. The Balaban J connectivity index is 1.91. The van der Waals surface area contributed by atoms with Crippen LogP contribution in [-0.4, -0.2) is 12.5 Å². The van der Waals surface area contributed by atoms with Crippen molar-refractivity contribution in [2.24, 2.45) is 0 Å². The van der Waals surface area contributed by atoms with Gasteiger partial charge >= 0.3 is 0 Å². The van der Waals surface area contributed by atoms with E-state index in [-0.39, 0.29) is 11.9 Å². The molecule has 2 aromatic rings. The fourth-order valence-electron chi connectivity index (χ4n) is 2.29. The van der Waals surface area contributed by atoms with Crippen molar-refractivity contribution >= 4 is 5.91 Å². The summed E-state index contributed by atoms with van der Waals surface area (Å²) in [6.45, 7) is 6.64. The molecule has 3 nitrogen and oxygen atoms in total. The van der Waals surface area contributed by atoms with Crippen molar-refractivity contribution in [2.45, 2.75) is 33.2 Å². The summed E-state index contributed by atoms with van der Waals surface area (Å²) in [6.07, 6.45) is 0.404. The van der Waals surface area contributed by atoms with Crippen LogP contribution in [0.25, 0.3) is 0 Å². The standard InChI is InChI=1S/C19H23NO2/c1-4-22-18-11-9-17(10-12-18)15(3)20-19(21)13-16-7-5-14(2)6-8-16/h5-12,15H,4,13H2,1-3H3,(H,20,21)/t15-/m1/s1. The van der Waals surface area contributed by atoms with Gasteiger partial charge in [-0.15, -0.1) is 0 Å². The second-order valence-corrected chi connectivity index (χ2v) is 5.45. The van der Waals surface area contributed by atoms with Crippen LogP contribution in [0.2, 0.25) is 0 Å². The lowest BCUT2D eigenvalue weighted by Gasteiger charge is -2.15. The van der Waals surface area contributed by atoms with Crippen LogP contribution in [0.1, 0.15) is 36.6 Å². The fraction of sp³-hybridized carbons (Fsp3) is 0.316. The molecule has 0 aliphatic heterocycles. The van der Waals surface area contributed by atoms with Crippen molar-refractivity contribution in [3.63, 3.8) is 0 Å². The highest BCUT2D eigenvalue weighted by Crippen LogP contribution is 2.17. The van der Waals surface area contributed by atoms with Gasteiger partial charge in [0.2, 0.25) is 5.91 Å². The minimum Gasteiger partial charge on any atom is -0.494 e. The number of benzene rings is 2. The molecule has 0 saturated heterocycles. The summed E-state index contributed by atoms with van der Waals surface area (Å²) in [7, 11) is 0. The number of amides is 1. The van der Waals surface area contributed by atoms with Crippen LogP contribution in [0.15, 0.2) is 48.5 Å². The van der Waals surface area contributed by atoms with E-state index in [1.807, 2.05) is 69.3 Å². The Hall–Kier alpha value is -2.29. The first-order valence-electron chi connectivity index (χ1n) is 7.66. The van der Waals surface area contributed by atoms with Gasteiger partial charge in [-0.3, -0.25) is 4.79 Å². The van der Waals surface area contributed by atoms with Gasteiger partial charge in [-0.25, -0.2) is 0 Å². The lowest BCUT2D eigenvalue weighted by molar-refractivity contribution is -0.121. The van der Waals surface area contributed by atoms with Crippen molar-refractivity contribution in [2.75, 3.05) is 6.61 Å². The van der Waals surface area contributed by atoms with Crippen LogP contribution >= 0.6 is 0 Å². The van der Waals surface area contributed by atoms with E-state index in [4.69, 9.17) is 4.74 Å². The van der Waals surface area contributed by atoms with E-state index in [0.29, 0.717) is 13.0 Å². The van der Waals surface area contributed by atoms with Gasteiger partial charge in [0, 0.05) is 0 Å². The molecule has 0 spiro atoms. The number of ether oxygens (including phenoxy) is 1. The first-order valence-corrected chi connectivity index (χ1v) is 7.66. The van der Waals surface area contributed by atoms with E-state index in [9.17, 15) is 4.79 Å². The molecule has 0 saturated carbocycles. The lowest BCUT2D eigenvalue weighted by Crippen LogP contribution is -2.28. The second-order valence-electron chi connectivity index (χ2n) is 5.45. The molecule has 0 fully saturated rings. The Bertz CT molecular complexity index is 602. The maximum Gasteiger partial charge on any atom is 0.224 e. The molecule has 1 N–H and O–H groups in total. The molecule has 2 rings (SSSR count). The zero-order valence-electron chi connectivity index (χ0n) is 13.4. The Labute approximate surface area is 132 Å². The van der Waals surface area contributed by atoms with Crippen molar-refractivity contribution in [1.29, 1.82) is 0 Å². The third kappa shape index (κ3) is 4.62. The lowest BCUT2D eigenvalue weighted by atomic mass is 10.1. The van der Waals surface area contributed by atoms with Gasteiger partial charge in [-0.05, 0) is 44.0 Å². The summed E-state index contributed by atoms with van der Waals surface area (Å²) in [4.78, 5) is 12.1. The number of nitrogens with one attached hydrogen (secondary N) is 1. The van der Waals surface area contributed by atoms with Crippen LogP contribution < -0.4 is 10.1 Å². The first-order chi connectivity index (χ1) is 10.6. The third-order valence-corrected chi connectivity index (χ3v) is 3.55. The zero-order valence-corrected chi connectivity index (χ0v) is 13.4. The van der Waals surface area contributed by atoms with Gasteiger partial charge in [-0.1, -0.05) is 42.0 Å². The summed E-state index contributed by atoms with van der Waals surface area (Å²) < 4.78 is 5.42. The molecular weight excluding hydrogens is 274 g/mol. The molecule has 22 heavy (non-hydrogen) atoms. The number of aryl methyl sites for hydroxylation is 1. The van der Waals surface area contributed by atoms with Crippen LogP contribution in [-0.2, 0) is 11.2 Å². The van der Waals surface area contributed by atoms with Gasteiger partial charge in [0.1, 0.15) is 5.75 Å². The molecule has 116 valence electrons. The Morgan fingerprint density at radius 3 is 2.32 bits per heavy atom. The smallest absolute Gasteiger partial charge is 0.224 e. The van der Waals surface area contributed by atoms with Crippen molar-refractivity contribution in [3.8, 4) is 5.75 Å². The minimum atomic E-state index is -0.0198. The van der Waals surface area contributed by atoms with E-state index >= 15 is 0 Å². The molecule has 1 atom stereocenters. The molecule has 2 aromatic carbocycles. The average molecular weight is 297 g/mol. The third-order valence-electron chi connectivity index (χ3n) is 3.55. The van der Waals surface area contributed by atoms with Gasteiger partial charge in [0.25, 0.3) is 0 Å². The maximum atomic E-state index is 12.1. The van der Waals surface area contributed by atoms with Gasteiger partial charge in [0.15, 0.2) is 0 Å². The number of hydrogen-bond acceptors (Lipinski definition) is 2. The van der Waals surface area contributed by atoms with E-state index in [1.54, 1.807) is 0 Å². The predicted octanol–water partition coefficient (Wildman–Crippen LogP) is 3.81. The molecule has 1 amide bonds. The van der Waals surface area contributed by atoms with Crippen LogP contribution in [0.3, 0.4) is 0 Å².